The monoisotopic (exact) mass is 523 g/mol. The molecule has 35 heavy (non-hydrogen) atoms. The Bertz CT molecular complexity index is 1190. The van der Waals surface area contributed by atoms with E-state index in [9.17, 15) is 21.6 Å². The van der Waals surface area contributed by atoms with Crippen LogP contribution in [0.4, 0.5) is 0 Å². The number of nitrogens with zero attached hydrogens (tertiary/aromatic N) is 1. The lowest BCUT2D eigenvalue weighted by Crippen LogP contribution is -2.35. The smallest absolute Gasteiger partial charge is 0.258 e. The Kier molecular flexibility index (Phi) is 9.28. The molecule has 0 aliphatic carbocycles. The van der Waals surface area contributed by atoms with Gasteiger partial charge >= 0.3 is 0 Å². The molecule has 1 heterocycles. The van der Waals surface area contributed by atoms with E-state index in [1.807, 2.05) is 13.8 Å². The van der Waals surface area contributed by atoms with Gasteiger partial charge in [-0.15, -0.1) is 0 Å². The first-order valence-electron chi connectivity index (χ1n) is 11.7. The summed E-state index contributed by atoms with van der Waals surface area (Å²) in [6.45, 7) is 5.27. The highest BCUT2D eigenvalue weighted by molar-refractivity contribution is 7.89. The van der Waals surface area contributed by atoms with Crippen molar-refractivity contribution in [2.24, 2.45) is 5.92 Å². The van der Waals surface area contributed by atoms with Crippen LogP contribution in [0, 0.1) is 5.92 Å². The molecule has 9 nitrogen and oxygen atoms in total. The zero-order valence-electron chi connectivity index (χ0n) is 20.1. The van der Waals surface area contributed by atoms with Crippen molar-refractivity contribution in [2.75, 3.05) is 26.2 Å². The fourth-order valence-electron chi connectivity index (χ4n) is 3.51. The predicted molar refractivity (Wildman–Crippen MR) is 133 cm³/mol. The maximum absolute atomic E-state index is 12.7. The summed E-state index contributed by atoms with van der Waals surface area (Å²) in [6, 6.07) is 12.3. The quantitative estimate of drug-likeness (QED) is 0.467. The topological polar surface area (TPSA) is 122 Å². The largest absolute Gasteiger partial charge is 0.484 e. The molecule has 0 aromatic heterocycles. The molecule has 1 saturated heterocycles. The number of ether oxygens (including phenoxy) is 1. The Labute approximate surface area is 208 Å². The summed E-state index contributed by atoms with van der Waals surface area (Å²) in [7, 11) is -7.07. The fourth-order valence-corrected chi connectivity index (χ4v) is 6.24. The van der Waals surface area contributed by atoms with Crippen LogP contribution in [-0.4, -0.2) is 53.3 Å². The highest BCUT2D eigenvalue weighted by atomic mass is 32.2. The van der Waals surface area contributed by atoms with E-state index in [1.165, 1.54) is 28.6 Å². The minimum atomic E-state index is -3.59. The highest BCUT2D eigenvalue weighted by Crippen LogP contribution is 2.21. The molecule has 0 spiro atoms. The van der Waals surface area contributed by atoms with Crippen molar-refractivity contribution in [1.29, 1.82) is 0 Å². The Balaban J connectivity index is 1.46. The van der Waals surface area contributed by atoms with E-state index in [1.54, 1.807) is 24.3 Å². The van der Waals surface area contributed by atoms with Gasteiger partial charge in [0, 0.05) is 26.2 Å². The van der Waals surface area contributed by atoms with Gasteiger partial charge in [0.15, 0.2) is 6.61 Å². The zero-order valence-corrected chi connectivity index (χ0v) is 21.7. The van der Waals surface area contributed by atoms with Gasteiger partial charge in [-0.3, -0.25) is 4.79 Å². The van der Waals surface area contributed by atoms with Gasteiger partial charge in [-0.05, 0) is 60.7 Å². The standard InChI is InChI=1S/C24H33N3O6S2/c1-19(2)16-26-34(29,30)22-12-8-21(9-13-22)33-18-24(28)25-17-20-6-10-23(11-7-20)35(31,32)27-14-4-3-5-15-27/h6-13,19,26H,3-5,14-18H2,1-2H3,(H,25,28). The van der Waals surface area contributed by atoms with Gasteiger partial charge in [-0.2, -0.15) is 4.31 Å². The minimum Gasteiger partial charge on any atom is -0.484 e. The lowest BCUT2D eigenvalue weighted by atomic mass is 10.2. The second-order valence-electron chi connectivity index (χ2n) is 8.89. The molecule has 1 fully saturated rings. The molecule has 0 atom stereocenters. The first kappa shape index (κ1) is 27.1. The number of nitrogens with one attached hydrogen (secondary N) is 2. The molecule has 2 aromatic carbocycles. The molecule has 0 radical (unpaired) electrons. The van der Waals surface area contributed by atoms with Gasteiger partial charge in [0.2, 0.25) is 20.0 Å². The number of amides is 1. The molecule has 1 amide bonds. The summed E-state index contributed by atoms with van der Waals surface area (Å²) in [5.74, 6) is 0.206. The second kappa shape index (κ2) is 12.0. The van der Waals surface area contributed by atoms with Crippen molar-refractivity contribution >= 4 is 26.0 Å². The van der Waals surface area contributed by atoms with Gasteiger partial charge < -0.3 is 10.1 Å². The number of sulfonamides is 2. The first-order chi connectivity index (χ1) is 16.6. The van der Waals surface area contributed by atoms with E-state index in [4.69, 9.17) is 4.74 Å². The SMILES string of the molecule is CC(C)CNS(=O)(=O)c1ccc(OCC(=O)NCc2ccc(S(=O)(=O)N3CCCCC3)cc2)cc1. The van der Waals surface area contributed by atoms with Crippen LogP contribution >= 0.6 is 0 Å². The Morgan fingerprint density at radius 1 is 0.914 bits per heavy atom. The number of hydrogen-bond acceptors (Lipinski definition) is 6. The number of piperidine rings is 1. The molecule has 192 valence electrons. The van der Waals surface area contributed by atoms with Crippen LogP contribution in [0.1, 0.15) is 38.7 Å². The summed E-state index contributed by atoms with van der Waals surface area (Å²) >= 11 is 0. The number of hydrogen-bond donors (Lipinski definition) is 2. The normalized spacial score (nSPS) is 15.2. The molecule has 0 unspecified atom stereocenters. The van der Waals surface area contributed by atoms with Crippen LogP contribution in [0.5, 0.6) is 5.75 Å². The Morgan fingerprint density at radius 2 is 1.51 bits per heavy atom. The average molecular weight is 524 g/mol. The molecule has 2 N–H and O–H groups in total. The van der Waals surface area contributed by atoms with E-state index in [-0.39, 0.29) is 34.8 Å². The number of benzene rings is 2. The van der Waals surface area contributed by atoms with Gasteiger partial charge in [-0.1, -0.05) is 32.4 Å². The van der Waals surface area contributed by atoms with E-state index in [0.29, 0.717) is 25.4 Å². The number of rotatable bonds is 11. The average Bonchev–Trinajstić information content (AvgIpc) is 2.86. The van der Waals surface area contributed by atoms with Crippen molar-refractivity contribution in [1.82, 2.24) is 14.3 Å². The van der Waals surface area contributed by atoms with Crippen molar-refractivity contribution in [2.45, 2.75) is 49.4 Å². The summed E-state index contributed by atoms with van der Waals surface area (Å²) in [6.07, 6.45) is 2.81. The van der Waals surface area contributed by atoms with Crippen LogP contribution in [0.2, 0.25) is 0 Å². The van der Waals surface area contributed by atoms with E-state index in [0.717, 1.165) is 24.8 Å². The maximum atomic E-state index is 12.7. The summed E-state index contributed by atoms with van der Waals surface area (Å²) < 4.78 is 59.4. The third kappa shape index (κ3) is 7.76. The summed E-state index contributed by atoms with van der Waals surface area (Å²) in [5, 5.41) is 2.72. The summed E-state index contributed by atoms with van der Waals surface area (Å²) in [4.78, 5) is 12.5. The van der Waals surface area contributed by atoms with Crippen LogP contribution in [0.3, 0.4) is 0 Å². The lowest BCUT2D eigenvalue weighted by Gasteiger charge is -2.25. The van der Waals surface area contributed by atoms with Gasteiger partial charge in [0.05, 0.1) is 9.79 Å². The second-order valence-corrected chi connectivity index (χ2v) is 12.6. The molecule has 3 rings (SSSR count). The highest BCUT2D eigenvalue weighted by Gasteiger charge is 2.25. The van der Waals surface area contributed by atoms with Crippen molar-refractivity contribution in [3.05, 3.63) is 54.1 Å². The molecule has 1 aliphatic rings. The first-order valence-corrected chi connectivity index (χ1v) is 14.6. The third-order valence-electron chi connectivity index (χ3n) is 5.55. The summed E-state index contributed by atoms with van der Waals surface area (Å²) in [5.41, 5.74) is 0.763. The van der Waals surface area contributed by atoms with Crippen molar-refractivity contribution < 1.29 is 26.4 Å². The molecular weight excluding hydrogens is 490 g/mol. The zero-order chi connectivity index (χ0) is 25.5. The van der Waals surface area contributed by atoms with Crippen LogP contribution in [0.25, 0.3) is 0 Å². The molecule has 11 heteroatoms. The van der Waals surface area contributed by atoms with Gasteiger partial charge in [0.1, 0.15) is 5.75 Å². The minimum absolute atomic E-state index is 0.126. The van der Waals surface area contributed by atoms with Crippen LogP contribution in [-0.2, 0) is 31.4 Å². The third-order valence-corrected chi connectivity index (χ3v) is 8.90. The molecule has 2 aromatic rings. The molecule has 0 saturated carbocycles. The lowest BCUT2D eigenvalue weighted by molar-refractivity contribution is -0.123. The number of carbonyl (C=O) groups is 1. The fraction of sp³-hybridized carbons (Fsp3) is 0.458. The van der Waals surface area contributed by atoms with Crippen LogP contribution in [0.15, 0.2) is 58.3 Å². The van der Waals surface area contributed by atoms with Crippen molar-refractivity contribution in [3.63, 3.8) is 0 Å². The van der Waals surface area contributed by atoms with E-state index < -0.39 is 20.0 Å². The molecule has 1 aliphatic heterocycles. The maximum Gasteiger partial charge on any atom is 0.258 e. The number of carbonyl (C=O) groups excluding carboxylic acids is 1. The Morgan fingerprint density at radius 3 is 2.11 bits per heavy atom. The predicted octanol–water partition coefficient (Wildman–Crippen LogP) is 2.49. The van der Waals surface area contributed by atoms with Crippen LogP contribution < -0.4 is 14.8 Å². The van der Waals surface area contributed by atoms with Gasteiger partial charge in [-0.25, -0.2) is 21.6 Å². The van der Waals surface area contributed by atoms with Crippen molar-refractivity contribution in [3.8, 4) is 5.75 Å². The molecular formula is C24H33N3O6S2. The van der Waals surface area contributed by atoms with Gasteiger partial charge in [0.25, 0.3) is 5.91 Å². The Hall–Kier alpha value is -2.47. The van der Waals surface area contributed by atoms with E-state index >= 15 is 0 Å². The van der Waals surface area contributed by atoms with E-state index in [2.05, 4.69) is 10.0 Å². The molecule has 0 bridgehead atoms.